The molecule has 0 heterocycles. The van der Waals surface area contributed by atoms with Crippen molar-refractivity contribution in [3.8, 4) is 5.75 Å². The molecule has 21 heavy (non-hydrogen) atoms. The Labute approximate surface area is 126 Å². The molecule has 0 atom stereocenters. The first-order valence-corrected chi connectivity index (χ1v) is 8.22. The third kappa shape index (κ3) is 3.74. The van der Waals surface area contributed by atoms with Crippen LogP contribution >= 0.6 is 10.7 Å². The third-order valence-electron chi connectivity index (χ3n) is 2.72. The van der Waals surface area contributed by atoms with Crippen molar-refractivity contribution in [1.29, 1.82) is 0 Å². The summed E-state index contributed by atoms with van der Waals surface area (Å²) >= 11 is 0. The van der Waals surface area contributed by atoms with E-state index in [0.29, 0.717) is 11.3 Å². The van der Waals surface area contributed by atoms with Crippen molar-refractivity contribution in [3.63, 3.8) is 0 Å². The van der Waals surface area contributed by atoms with E-state index in [4.69, 9.17) is 15.4 Å². The van der Waals surface area contributed by atoms with Gasteiger partial charge >= 0.3 is 0 Å². The fourth-order valence-electron chi connectivity index (χ4n) is 1.74. The molecule has 0 radical (unpaired) electrons. The summed E-state index contributed by atoms with van der Waals surface area (Å²) in [5, 5.41) is 2.65. The van der Waals surface area contributed by atoms with Crippen LogP contribution in [0.25, 0.3) is 0 Å². The van der Waals surface area contributed by atoms with E-state index in [1.165, 1.54) is 25.3 Å². The van der Waals surface area contributed by atoms with Crippen molar-refractivity contribution in [2.75, 3.05) is 12.4 Å². The lowest BCUT2D eigenvalue weighted by molar-refractivity contribution is 0.102. The maximum absolute atomic E-state index is 12.0. The number of hydrogen-bond acceptors (Lipinski definition) is 4. The summed E-state index contributed by atoms with van der Waals surface area (Å²) in [4.78, 5) is 11.9. The Morgan fingerprint density at radius 3 is 2.38 bits per heavy atom. The van der Waals surface area contributed by atoms with Crippen LogP contribution in [-0.4, -0.2) is 21.4 Å². The van der Waals surface area contributed by atoms with Crippen molar-refractivity contribution < 1.29 is 17.9 Å². The van der Waals surface area contributed by atoms with Gasteiger partial charge in [-0.25, -0.2) is 8.42 Å². The molecule has 2 aromatic carbocycles. The Morgan fingerprint density at radius 1 is 1.14 bits per heavy atom. The minimum absolute atomic E-state index is 0.0656. The van der Waals surface area contributed by atoms with Crippen LogP contribution in [0.4, 0.5) is 5.69 Å². The molecule has 0 aromatic heterocycles. The van der Waals surface area contributed by atoms with Crippen LogP contribution in [0.1, 0.15) is 10.4 Å². The number of benzene rings is 2. The molecular formula is C14H12ClNO4S. The van der Waals surface area contributed by atoms with Crippen molar-refractivity contribution >= 4 is 31.3 Å². The van der Waals surface area contributed by atoms with Gasteiger partial charge in [0.05, 0.1) is 7.11 Å². The summed E-state index contributed by atoms with van der Waals surface area (Å²) in [6.07, 6.45) is 0. The average Bonchev–Trinajstić information content (AvgIpc) is 2.46. The fourth-order valence-corrected chi connectivity index (χ4v) is 2.74. The van der Waals surface area contributed by atoms with E-state index in [-0.39, 0.29) is 16.6 Å². The maximum atomic E-state index is 12.0. The molecule has 0 unspecified atom stereocenters. The number of methoxy groups -OCH3 is 1. The monoisotopic (exact) mass is 325 g/mol. The van der Waals surface area contributed by atoms with Gasteiger partial charge in [-0.15, -0.1) is 0 Å². The van der Waals surface area contributed by atoms with Crippen LogP contribution in [0.3, 0.4) is 0 Å². The van der Waals surface area contributed by atoms with Crippen molar-refractivity contribution in [3.05, 3.63) is 54.1 Å². The van der Waals surface area contributed by atoms with Gasteiger partial charge in [0, 0.05) is 28.0 Å². The molecule has 0 aliphatic carbocycles. The number of hydrogen-bond donors (Lipinski definition) is 1. The van der Waals surface area contributed by atoms with Gasteiger partial charge in [-0.2, -0.15) is 0 Å². The molecule has 110 valence electrons. The lowest BCUT2D eigenvalue weighted by Crippen LogP contribution is -2.12. The first kappa shape index (κ1) is 15.3. The van der Waals surface area contributed by atoms with E-state index in [1.807, 2.05) is 0 Å². The second kappa shape index (κ2) is 6.15. The van der Waals surface area contributed by atoms with Crippen molar-refractivity contribution in [1.82, 2.24) is 0 Å². The molecule has 0 saturated heterocycles. The van der Waals surface area contributed by atoms with E-state index in [0.717, 1.165) is 0 Å². The normalized spacial score (nSPS) is 11.0. The average molecular weight is 326 g/mol. The summed E-state index contributed by atoms with van der Waals surface area (Å²) < 4.78 is 27.7. The van der Waals surface area contributed by atoms with Gasteiger partial charge in [-0.1, -0.05) is 18.2 Å². The summed E-state index contributed by atoms with van der Waals surface area (Å²) in [5.74, 6) is -0.241. The van der Waals surface area contributed by atoms with E-state index in [9.17, 15) is 13.2 Å². The van der Waals surface area contributed by atoms with Gasteiger partial charge in [0.25, 0.3) is 15.0 Å². The molecule has 0 saturated carbocycles. The molecule has 1 N–H and O–H groups in total. The minimum Gasteiger partial charge on any atom is -0.495 e. The Balaban J connectivity index is 2.28. The zero-order valence-electron chi connectivity index (χ0n) is 11.0. The highest BCUT2D eigenvalue weighted by molar-refractivity contribution is 8.13. The number of carbonyl (C=O) groups is 1. The lowest BCUT2D eigenvalue weighted by Gasteiger charge is -2.09. The van der Waals surface area contributed by atoms with Crippen LogP contribution in [-0.2, 0) is 9.05 Å². The van der Waals surface area contributed by atoms with Gasteiger partial charge in [0.2, 0.25) is 0 Å². The summed E-state index contributed by atoms with van der Waals surface area (Å²) in [5.41, 5.74) is 0.898. The van der Waals surface area contributed by atoms with Crippen LogP contribution in [0.2, 0.25) is 0 Å². The van der Waals surface area contributed by atoms with E-state index in [1.54, 1.807) is 30.3 Å². The van der Waals surface area contributed by atoms with Crippen LogP contribution in [0, 0.1) is 0 Å². The number of nitrogens with one attached hydrogen (secondary N) is 1. The minimum atomic E-state index is -3.91. The quantitative estimate of drug-likeness (QED) is 0.877. The van der Waals surface area contributed by atoms with E-state index >= 15 is 0 Å². The Kier molecular flexibility index (Phi) is 4.50. The smallest absolute Gasteiger partial charge is 0.264 e. The molecule has 0 aliphatic rings. The van der Waals surface area contributed by atoms with Crippen LogP contribution in [0.5, 0.6) is 5.75 Å². The Hall–Kier alpha value is -2.05. The lowest BCUT2D eigenvalue weighted by atomic mass is 10.2. The van der Waals surface area contributed by atoms with E-state index < -0.39 is 9.05 Å². The predicted octanol–water partition coefficient (Wildman–Crippen LogP) is 2.88. The number of anilines is 1. The first-order chi connectivity index (χ1) is 9.91. The molecule has 0 bridgehead atoms. The molecule has 7 heteroatoms. The molecule has 0 spiro atoms. The summed E-state index contributed by atoms with van der Waals surface area (Å²) in [6.45, 7) is 0. The summed E-state index contributed by atoms with van der Waals surface area (Å²) in [6, 6.07) is 12.8. The Morgan fingerprint density at radius 2 is 1.81 bits per heavy atom. The van der Waals surface area contributed by atoms with Crippen LogP contribution < -0.4 is 10.1 Å². The third-order valence-corrected chi connectivity index (χ3v) is 4.08. The standard InChI is InChI=1S/C14H12ClNO4S/c1-20-12-9-11(7-8-13(12)21(15,18)19)16-14(17)10-5-3-2-4-6-10/h2-9H,1H3,(H,16,17). The maximum Gasteiger partial charge on any atom is 0.264 e. The van der Waals surface area contributed by atoms with Crippen molar-refractivity contribution in [2.24, 2.45) is 0 Å². The molecule has 1 amide bonds. The topological polar surface area (TPSA) is 72.5 Å². The highest BCUT2D eigenvalue weighted by atomic mass is 35.7. The second-order valence-electron chi connectivity index (χ2n) is 4.12. The largest absolute Gasteiger partial charge is 0.495 e. The molecular weight excluding hydrogens is 314 g/mol. The molecule has 0 aliphatic heterocycles. The van der Waals surface area contributed by atoms with Gasteiger partial charge < -0.3 is 10.1 Å². The number of rotatable bonds is 4. The van der Waals surface area contributed by atoms with Gasteiger partial charge in [0.15, 0.2) is 0 Å². The summed E-state index contributed by atoms with van der Waals surface area (Å²) in [7, 11) is 2.72. The Bertz CT molecular complexity index is 760. The SMILES string of the molecule is COc1cc(NC(=O)c2ccccc2)ccc1S(=O)(=O)Cl. The molecule has 2 aromatic rings. The first-order valence-electron chi connectivity index (χ1n) is 5.91. The fraction of sp³-hybridized carbons (Fsp3) is 0.0714. The zero-order valence-corrected chi connectivity index (χ0v) is 12.6. The number of amides is 1. The number of carbonyl (C=O) groups excluding carboxylic acids is 1. The number of halogens is 1. The predicted molar refractivity (Wildman–Crippen MR) is 80.4 cm³/mol. The van der Waals surface area contributed by atoms with Crippen molar-refractivity contribution in [2.45, 2.75) is 4.90 Å². The highest BCUT2D eigenvalue weighted by Gasteiger charge is 2.17. The van der Waals surface area contributed by atoms with Crippen LogP contribution in [0.15, 0.2) is 53.4 Å². The number of ether oxygens (including phenoxy) is 1. The van der Waals surface area contributed by atoms with Gasteiger partial charge in [-0.05, 0) is 24.3 Å². The molecule has 0 fully saturated rings. The molecule has 5 nitrogen and oxygen atoms in total. The van der Waals surface area contributed by atoms with Gasteiger partial charge in [0.1, 0.15) is 10.6 Å². The van der Waals surface area contributed by atoms with E-state index in [2.05, 4.69) is 5.32 Å². The molecule has 2 rings (SSSR count). The highest BCUT2D eigenvalue weighted by Crippen LogP contribution is 2.29. The second-order valence-corrected chi connectivity index (χ2v) is 6.66. The zero-order chi connectivity index (χ0) is 15.5. The van der Waals surface area contributed by atoms with Gasteiger partial charge in [-0.3, -0.25) is 4.79 Å².